The average Bonchev–Trinajstić information content (AvgIpc) is 2.94. The fourth-order valence-corrected chi connectivity index (χ4v) is 12.0. The summed E-state index contributed by atoms with van der Waals surface area (Å²) in [5, 5.41) is 2.37. The van der Waals surface area contributed by atoms with Crippen LogP contribution >= 0.6 is 7.92 Å². The summed E-state index contributed by atoms with van der Waals surface area (Å²) < 4.78 is 0. The van der Waals surface area contributed by atoms with Crippen LogP contribution in [0.1, 0.15) is 52.7 Å². The van der Waals surface area contributed by atoms with Crippen molar-refractivity contribution in [3.8, 4) is 0 Å². The Balaban J connectivity index is 0.000000209. The van der Waals surface area contributed by atoms with Crippen LogP contribution in [-0.4, -0.2) is 16.5 Å². The number of benzene rings is 5. The molecule has 0 unspecified atom stereocenters. The van der Waals surface area contributed by atoms with E-state index in [-0.39, 0.29) is 0 Å². The van der Waals surface area contributed by atoms with E-state index < -0.39 is 14.1 Å². The minimum Gasteiger partial charge on any atom is -0.195 e. The standard InChI is InChI=1S/C24H20B.C16H27P/c1-5-13-21(14-6-1)25(22-15-7-2-8-16-22,23-17-9-3-10-18-23)24-19-11-4-12-20-24;1-12-9-13(2)11-14(10-12)17(15(3,4)5)16(6,7)8/h1-20H;9-11H,1-8H3/q-1;/p+1. The molecule has 0 aliphatic rings. The second kappa shape index (κ2) is 13.3. The minimum atomic E-state index is -1.22. The molecule has 0 aliphatic carbocycles. The van der Waals surface area contributed by atoms with Gasteiger partial charge in [0.15, 0.2) is 0 Å². The Morgan fingerprint density at radius 1 is 0.405 bits per heavy atom. The highest BCUT2D eigenvalue weighted by atomic mass is 31.1. The third-order valence-corrected chi connectivity index (χ3v) is 12.1. The molecule has 5 aromatic rings. The number of rotatable bonds is 5. The summed E-state index contributed by atoms with van der Waals surface area (Å²) >= 11 is 0. The Hall–Kier alpha value is -3.41. The smallest absolute Gasteiger partial charge is 0.108 e. The molecule has 0 saturated heterocycles. The van der Waals surface area contributed by atoms with Gasteiger partial charge in [-0.05, 0) is 78.6 Å². The Morgan fingerprint density at radius 3 is 0.905 bits per heavy atom. The van der Waals surface area contributed by atoms with Crippen molar-refractivity contribution in [1.29, 1.82) is 0 Å². The molecule has 0 bridgehead atoms. The van der Waals surface area contributed by atoms with Crippen molar-refractivity contribution in [2.24, 2.45) is 0 Å². The Labute approximate surface area is 256 Å². The predicted molar refractivity (Wildman–Crippen MR) is 193 cm³/mol. The Kier molecular flexibility index (Phi) is 9.96. The normalized spacial score (nSPS) is 12.0. The highest BCUT2D eigenvalue weighted by Gasteiger charge is 2.43. The van der Waals surface area contributed by atoms with E-state index in [4.69, 9.17) is 0 Å². The summed E-state index contributed by atoms with van der Waals surface area (Å²) in [5.74, 6) is 0. The first kappa shape index (κ1) is 31.5. The second-order valence-electron chi connectivity index (χ2n) is 13.8. The fourth-order valence-electron chi connectivity index (χ4n) is 7.23. The van der Waals surface area contributed by atoms with E-state index in [0.717, 1.165) is 0 Å². The van der Waals surface area contributed by atoms with E-state index in [1.165, 1.54) is 33.0 Å². The molecule has 0 radical (unpaired) electrons. The molecule has 0 saturated carbocycles. The van der Waals surface area contributed by atoms with Gasteiger partial charge >= 0.3 is 0 Å². The summed E-state index contributed by atoms with van der Waals surface area (Å²) in [6.45, 7) is 18.8. The zero-order valence-electron chi connectivity index (χ0n) is 26.9. The maximum atomic E-state index is 2.40. The second-order valence-corrected chi connectivity index (χ2v) is 18.1. The lowest BCUT2D eigenvalue weighted by Crippen LogP contribution is -2.74. The first-order valence-corrected chi connectivity index (χ1v) is 16.8. The van der Waals surface area contributed by atoms with E-state index in [2.05, 4.69) is 195 Å². The van der Waals surface area contributed by atoms with Gasteiger partial charge in [0.1, 0.15) is 6.15 Å². The summed E-state index contributed by atoms with van der Waals surface area (Å²) in [4.78, 5) is 0. The van der Waals surface area contributed by atoms with Gasteiger partial charge in [-0.2, -0.15) is 21.9 Å². The van der Waals surface area contributed by atoms with Crippen LogP contribution in [0.4, 0.5) is 0 Å². The van der Waals surface area contributed by atoms with Gasteiger partial charge in [-0.3, -0.25) is 0 Å². The molecule has 5 rings (SSSR count). The van der Waals surface area contributed by atoms with Gasteiger partial charge < -0.3 is 0 Å². The Morgan fingerprint density at radius 2 is 0.667 bits per heavy atom. The summed E-state index contributed by atoms with van der Waals surface area (Å²) in [6, 6.07) is 50.6. The molecule has 0 heterocycles. The lowest BCUT2D eigenvalue weighted by atomic mass is 9.13. The first-order chi connectivity index (χ1) is 19.9. The van der Waals surface area contributed by atoms with Crippen molar-refractivity contribution in [2.75, 3.05) is 0 Å². The van der Waals surface area contributed by atoms with E-state index in [1.54, 1.807) is 5.30 Å². The molecule has 0 aliphatic heterocycles. The molecule has 0 N–H and O–H groups in total. The lowest BCUT2D eigenvalue weighted by molar-refractivity contribution is 0.715. The van der Waals surface area contributed by atoms with Crippen LogP contribution in [0.3, 0.4) is 0 Å². The van der Waals surface area contributed by atoms with Crippen molar-refractivity contribution in [3.05, 3.63) is 151 Å². The molecule has 0 aromatic heterocycles. The van der Waals surface area contributed by atoms with Gasteiger partial charge in [-0.1, -0.05) is 127 Å². The van der Waals surface area contributed by atoms with Crippen LogP contribution in [0.15, 0.2) is 140 Å². The van der Waals surface area contributed by atoms with Gasteiger partial charge in [0.2, 0.25) is 0 Å². The van der Waals surface area contributed by atoms with Crippen molar-refractivity contribution >= 4 is 41.2 Å². The lowest BCUT2D eigenvalue weighted by Gasteiger charge is -2.44. The van der Waals surface area contributed by atoms with Crippen LogP contribution < -0.4 is 27.2 Å². The van der Waals surface area contributed by atoms with Gasteiger partial charge in [0, 0.05) is 7.92 Å². The van der Waals surface area contributed by atoms with Crippen molar-refractivity contribution in [3.63, 3.8) is 0 Å². The maximum absolute atomic E-state index is 2.40. The largest absolute Gasteiger partial charge is 0.195 e. The van der Waals surface area contributed by atoms with Crippen LogP contribution in [0.25, 0.3) is 0 Å². The van der Waals surface area contributed by atoms with Gasteiger partial charge in [0.05, 0.1) is 15.6 Å². The Bertz CT molecular complexity index is 1330. The van der Waals surface area contributed by atoms with Crippen molar-refractivity contribution in [2.45, 2.75) is 65.7 Å². The fraction of sp³-hybridized carbons (Fsp3) is 0.250. The monoisotopic (exact) mass is 570 g/mol. The molecular weight excluding hydrogens is 522 g/mol. The van der Waals surface area contributed by atoms with Crippen molar-refractivity contribution in [1.82, 2.24) is 0 Å². The maximum Gasteiger partial charge on any atom is 0.108 e. The molecule has 216 valence electrons. The summed E-state index contributed by atoms with van der Waals surface area (Å²) in [5.41, 5.74) is 8.15. The van der Waals surface area contributed by atoms with Gasteiger partial charge in [-0.15, -0.1) is 0 Å². The SMILES string of the molecule is Cc1cc(C)cc([PH+](C(C)(C)C)C(C)(C)C)c1.c1ccc([B-](c2ccccc2)(c2ccccc2)c2ccccc2)cc1. The molecule has 0 nitrogen and oxygen atoms in total. The minimum absolute atomic E-state index is 0.392. The van der Waals surface area contributed by atoms with Gasteiger partial charge in [0.25, 0.3) is 0 Å². The molecule has 0 spiro atoms. The zero-order valence-corrected chi connectivity index (χ0v) is 27.9. The third-order valence-electron chi connectivity index (χ3n) is 8.21. The van der Waals surface area contributed by atoms with E-state index in [9.17, 15) is 0 Å². The van der Waals surface area contributed by atoms with E-state index in [1.807, 2.05) is 0 Å². The summed E-state index contributed by atoms with van der Waals surface area (Å²) in [6.07, 6.45) is -1.22. The molecule has 5 aromatic carbocycles. The zero-order chi connectivity index (χ0) is 30.4. The van der Waals surface area contributed by atoms with Crippen LogP contribution in [-0.2, 0) is 0 Å². The highest BCUT2D eigenvalue weighted by molar-refractivity contribution is 7.68. The third kappa shape index (κ3) is 7.14. The van der Waals surface area contributed by atoms with Crippen LogP contribution in [0.2, 0.25) is 0 Å². The van der Waals surface area contributed by atoms with E-state index in [0.29, 0.717) is 10.3 Å². The molecular formula is C40H48BP. The molecule has 2 heteroatoms. The number of hydrogen-bond acceptors (Lipinski definition) is 0. The number of hydrogen-bond donors (Lipinski definition) is 0. The average molecular weight is 571 g/mol. The number of aryl methyl sites for hydroxylation is 2. The highest BCUT2D eigenvalue weighted by Crippen LogP contribution is 2.58. The predicted octanol–water partition coefficient (Wildman–Crippen LogP) is 7.80. The first-order valence-electron chi connectivity index (χ1n) is 15.3. The van der Waals surface area contributed by atoms with E-state index >= 15 is 0 Å². The molecule has 0 fully saturated rings. The quantitative estimate of drug-likeness (QED) is 0.149. The van der Waals surface area contributed by atoms with Crippen molar-refractivity contribution < 1.29 is 0 Å². The van der Waals surface area contributed by atoms with Crippen LogP contribution in [0, 0.1) is 13.8 Å². The van der Waals surface area contributed by atoms with Crippen LogP contribution in [0.5, 0.6) is 0 Å². The molecule has 0 atom stereocenters. The topological polar surface area (TPSA) is 0 Å². The summed E-state index contributed by atoms with van der Waals surface area (Å²) in [7, 11) is -0.598. The van der Waals surface area contributed by atoms with Gasteiger partial charge in [-0.25, -0.2) is 0 Å². The molecule has 42 heavy (non-hydrogen) atoms. The molecule has 0 amide bonds.